The minimum absolute atomic E-state index is 0.0655. The number of hydrogen-bond acceptors (Lipinski definition) is 3. The van der Waals surface area contributed by atoms with Crippen LogP contribution in [0.3, 0.4) is 0 Å². The van der Waals surface area contributed by atoms with Crippen LogP contribution >= 0.6 is 15.9 Å². The van der Waals surface area contributed by atoms with Crippen molar-refractivity contribution in [1.29, 1.82) is 0 Å². The van der Waals surface area contributed by atoms with Crippen molar-refractivity contribution in [2.75, 3.05) is 6.54 Å². The highest BCUT2D eigenvalue weighted by Gasteiger charge is 2.19. The number of aliphatic hydroxyl groups excluding tert-OH is 1. The zero-order chi connectivity index (χ0) is 13.0. The number of carbonyl (C=O) groups excluding carboxylic acids is 1. The smallest absolute Gasteiger partial charge is 0.251 e. The van der Waals surface area contributed by atoms with Gasteiger partial charge in [-0.2, -0.15) is 0 Å². The quantitative estimate of drug-likeness (QED) is 0.840. The molecule has 0 unspecified atom stereocenters. The highest BCUT2D eigenvalue weighted by molar-refractivity contribution is 9.10. The SMILES string of the molecule is O=C(NCC1CCC(O)CC1)c1ccnc(Br)c1. The number of nitrogens with one attached hydrogen (secondary N) is 1. The molecule has 18 heavy (non-hydrogen) atoms. The van der Waals surface area contributed by atoms with Crippen LogP contribution in [0.5, 0.6) is 0 Å². The van der Waals surface area contributed by atoms with Crippen LogP contribution in [-0.2, 0) is 0 Å². The Labute approximate surface area is 115 Å². The molecular formula is C13H17BrN2O2. The third kappa shape index (κ3) is 3.78. The van der Waals surface area contributed by atoms with Crippen LogP contribution in [0.1, 0.15) is 36.0 Å². The highest BCUT2D eigenvalue weighted by Crippen LogP contribution is 2.23. The maximum absolute atomic E-state index is 11.9. The van der Waals surface area contributed by atoms with Crippen molar-refractivity contribution < 1.29 is 9.90 Å². The van der Waals surface area contributed by atoms with Crippen LogP contribution in [0.2, 0.25) is 0 Å². The second-order valence-electron chi connectivity index (χ2n) is 4.75. The van der Waals surface area contributed by atoms with Gasteiger partial charge in [0, 0.05) is 18.3 Å². The van der Waals surface area contributed by atoms with Crippen molar-refractivity contribution in [3.05, 3.63) is 28.5 Å². The number of halogens is 1. The van der Waals surface area contributed by atoms with Crippen molar-refractivity contribution >= 4 is 21.8 Å². The first-order chi connectivity index (χ1) is 8.65. The summed E-state index contributed by atoms with van der Waals surface area (Å²) in [6.07, 6.45) is 5.13. The number of nitrogens with zero attached hydrogens (tertiary/aromatic N) is 1. The molecule has 1 aromatic rings. The van der Waals surface area contributed by atoms with Crippen molar-refractivity contribution in [2.45, 2.75) is 31.8 Å². The standard InChI is InChI=1S/C13H17BrN2O2/c14-12-7-10(5-6-15-12)13(18)16-8-9-1-3-11(17)4-2-9/h5-7,9,11,17H,1-4,8H2,(H,16,18). The Morgan fingerprint density at radius 1 is 1.44 bits per heavy atom. The van der Waals surface area contributed by atoms with Crippen molar-refractivity contribution in [3.63, 3.8) is 0 Å². The lowest BCUT2D eigenvalue weighted by Gasteiger charge is -2.25. The van der Waals surface area contributed by atoms with Gasteiger partial charge >= 0.3 is 0 Å². The first-order valence-corrected chi connectivity index (χ1v) is 7.02. The number of aliphatic hydroxyl groups is 1. The molecule has 1 aromatic heterocycles. The molecule has 0 aliphatic heterocycles. The molecule has 2 rings (SSSR count). The van der Waals surface area contributed by atoms with E-state index in [0.29, 0.717) is 22.6 Å². The van der Waals surface area contributed by atoms with E-state index in [2.05, 4.69) is 26.2 Å². The fourth-order valence-electron chi connectivity index (χ4n) is 2.23. The van der Waals surface area contributed by atoms with Crippen LogP contribution in [0.25, 0.3) is 0 Å². The van der Waals surface area contributed by atoms with Crippen LogP contribution in [-0.4, -0.2) is 28.6 Å². The Morgan fingerprint density at radius 2 is 2.17 bits per heavy atom. The van der Waals surface area contributed by atoms with Gasteiger partial charge in [-0.05, 0) is 59.7 Å². The summed E-state index contributed by atoms with van der Waals surface area (Å²) < 4.78 is 0.663. The van der Waals surface area contributed by atoms with Gasteiger partial charge in [0.15, 0.2) is 0 Å². The van der Waals surface area contributed by atoms with Gasteiger partial charge in [-0.3, -0.25) is 4.79 Å². The average molecular weight is 313 g/mol. The predicted octanol–water partition coefficient (Wildman–Crippen LogP) is 2.12. The van der Waals surface area contributed by atoms with E-state index in [1.807, 2.05) is 0 Å². The summed E-state index contributed by atoms with van der Waals surface area (Å²) >= 11 is 3.25. The summed E-state index contributed by atoms with van der Waals surface area (Å²) in [6, 6.07) is 3.41. The molecule has 1 aliphatic carbocycles. The van der Waals surface area contributed by atoms with Crippen LogP contribution in [0.15, 0.2) is 22.9 Å². The minimum Gasteiger partial charge on any atom is -0.393 e. The van der Waals surface area contributed by atoms with Gasteiger partial charge in [0.1, 0.15) is 4.60 Å². The molecule has 4 nitrogen and oxygen atoms in total. The topological polar surface area (TPSA) is 62.2 Å². The molecule has 0 spiro atoms. The van der Waals surface area contributed by atoms with E-state index in [4.69, 9.17) is 0 Å². The van der Waals surface area contributed by atoms with E-state index in [0.717, 1.165) is 25.7 Å². The van der Waals surface area contributed by atoms with E-state index >= 15 is 0 Å². The molecule has 0 saturated heterocycles. The van der Waals surface area contributed by atoms with Gasteiger partial charge in [0.05, 0.1) is 6.10 Å². The summed E-state index contributed by atoms with van der Waals surface area (Å²) in [5.74, 6) is 0.423. The largest absolute Gasteiger partial charge is 0.393 e. The molecule has 1 heterocycles. The molecule has 2 N–H and O–H groups in total. The second-order valence-corrected chi connectivity index (χ2v) is 5.56. The summed E-state index contributed by atoms with van der Waals surface area (Å²) in [5, 5.41) is 12.4. The molecular weight excluding hydrogens is 296 g/mol. The van der Waals surface area contributed by atoms with Gasteiger partial charge in [-0.15, -0.1) is 0 Å². The molecule has 1 saturated carbocycles. The predicted molar refractivity (Wildman–Crippen MR) is 72.2 cm³/mol. The monoisotopic (exact) mass is 312 g/mol. The molecule has 5 heteroatoms. The van der Waals surface area contributed by atoms with Crippen molar-refractivity contribution in [3.8, 4) is 0 Å². The Bertz CT molecular complexity index is 417. The third-order valence-electron chi connectivity index (χ3n) is 3.36. The first-order valence-electron chi connectivity index (χ1n) is 6.23. The van der Waals surface area contributed by atoms with Crippen LogP contribution in [0, 0.1) is 5.92 Å². The zero-order valence-corrected chi connectivity index (χ0v) is 11.7. The number of pyridine rings is 1. The van der Waals surface area contributed by atoms with Crippen LogP contribution < -0.4 is 5.32 Å². The van der Waals surface area contributed by atoms with Crippen molar-refractivity contribution in [2.24, 2.45) is 5.92 Å². The van der Waals surface area contributed by atoms with E-state index < -0.39 is 0 Å². The van der Waals surface area contributed by atoms with E-state index in [-0.39, 0.29) is 12.0 Å². The molecule has 1 amide bonds. The van der Waals surface area contributed by atoms with Crippen molar-refractivity contribution in [1.82, 2.24) is 10.3 Å². The number of carbonyl (C=O) groups is 1. The molecule has 0 atom stereocenters. The summed E-state index contributed by atoms with van der Waals surface area (Å²) in [7, 11) is 0. The Kier molecular flexibility index (Phi) is 4.72. The lowest BCUT2D eigenvalue weighted by molar-refractivity contribution is 0.0910. The fourth-order valence-corrected chi connectivity index (χ4v) is 2.60. The Hall–Kier alpha value is -0.940. The number of aromatic nitrogens is 1. The van der Waals surface area contributed by atoms with E-state index in [1.165, 1.54) is 0 Å². The average Bonchev–Trinajstić information content (AvgIpc) is 2.38. The third-order valence-corrected chi connectivity index (χ3v) is 3.79. The molecule has 98 valence electrons. The molecule has 1 fully saturated rings. The maximum Gasteiger partial charge on any atom is 0.251 e. The fraction of sp³-hybridized carbons (Fsp3) is 0.538. The molecule has 0 aromatic carbocycles. The lowest BCUT2D eigenvalue weighted by Crippen LogP contribution is -2.32. The maximum atomic E-state index is 11.9. The molecule has 0 radical (unpaired) electrons. The summed E-state index contributed by atoms with van der Waals surface area (Å²) in [4.78, 5) is 15.9. The van der Waals surface area contributed by atoms with Crippen LogP contribution in [0.4, 0.5) is 0 Å². The van der Waals surface area contributed by atoms with Gasteiger partial charge in [0.2, 0.25) is 0 Å². The van der Waals surface area contributed by atoms with Gasteiger partial charge < -0.3 is 10.4 Å². The lowest BCUT2D eigenvalue weighted by atomic mass is 9.87. The number of rotatable bonds is 3. The molecule has 0 bridgehead atoms. The normalized spacial score (nSPS) is 23.7. The van der Waals surface area contributed by atoms with E-state index in [1.54, 1.807) is 18.3 Å². The van der Waals surface area contributed by atoms with E-state index in [9.17, 15) is 9.90 Å². The summed E-state index contributed by atoms with van der Waals surface area (Å²) in [6.45, 7) is 0.686. The Morgan fingerprint density at radius 3 is 2.83 bits per heavy atom. The minimum atomic E-state index is -0.145. The summed E-state index contributed by atoms with van der Waals surface area (Å²) in [5.41, 5.74) is 0.618. The van der Waals surface area contributed by atoms with Gasteiger partial charge in [0.25, 0.3) is 5.91 Å². The first kappa shape index (κ1) is 13.5. The van der Waals surface area contributed by atoms with Gasteiger partial charge in [-0.1, -0.05) is 0 Å². The second kappa shape index (κ2) is 6.29. The molecule has 1 aliphatic rings. The number of hydrogen-bond donors (Lipinski definition) is 2. The highest BCUT2D eigenvalue weighted by atomic mass is 79.9. The zero-order valence-electron chi connectivity index (χ0n) is 10.1. The Balaban J connectivity index is 1.81. The van der Waals surface area contributed by atoms with Gasteiger partial charge in [-0.25, -0.2) is 4.98 Å². The number of amides is 1.